The summed E-state index contributed by atoms with van der Waals surface area (Å²) in [5.74, 6) is 0.956. The number of hydrogen-bond acceptors (Lipinski definition) is 4. The highest BCUT2D eigenvalue weighted by molar-refractivity contribution is 9.10. The van der Waals surface area contributed by atoms with E-state index in [4.69, 9.17) is 4.74 Å². The molecular weight excluding hydrogens is 280 g/mol. The molecule has 1 aromatic heterocycles. The van der Waals surface area contributed by atoms with Crippen molar-refractivity contribution in [2.45, 2.75) is 12.8 Å². The van der Waals surface area contributed by atoms with Crippen LogP contribution in [0.4, 0.5) is 0 Å². The van der Waals surface area contributed by atoms with Gasteiger partial charge >= 0.3 is 5.97 Å². The number of thiophene rings is 1. The monoisotopic (exact) mass is 290 g/mol. The summed E-state index contributed by atoms with van der Waals surface area (Å²) in [6, 6.07) is 0. The van der Waals surface area contributed by atoms with E-state index in [1.807, 2.05) is 5.38 Å². The van der Waals surface area contributed by atoms with Crippen LogP contribution in [0, 0.1) is 5.92 Å². The fourth-order valence-electron chi connectivity index (χ4n) is 1.18. The second kappa shape index (κ2) is 4.53. The van der Waals surface area contributed by atoms with Gasteiger partial charge in [0.05, 0.1) is 18.2 Å². The summed E-state index contributed by atoms with van der Waals surface area (Å²) in [6.07, 6.45) is 2.46. The summed E-state index contributed by atoms with van der Waals surface area (Å²) in [7, 11) is 1.38. The normalized spacial score (nSPS) is 15.1. The van der Waals surface area contributed by atoms with Crippen LogP contribution < -0.4 is 4.74 Å². The van der Waals surface area contributed by atoms with Crippen molar-refractivity contribution >= 4 is 33.2 Å². The van der Waals surface area contributed by atoms with Gasteiger partial charge in [0.15, 0.2) is 10.6 Å². The van der Waals surface area contributed by atoms with Crippen molar-refractivity contribution < 1.29 is 14.3 Å². The molecule has 0 bridgehead atoms. The smallest absolute Gasteiger partial charge is 0.351 e. The first-order valence-corrected chi connectivity index (χ1v) is 6.37. The second-order valence-corrected chi connectivity index (χ2v) is 5.22. The van der Waals surface area contributed by atoms with Crippen LogP contribution in [-0.2, 0) is 4.74 Å². The van der Waals surface area contributed by atoms with Crippen molar-refractivity contribution in [1.82, 2.24) is 0 Å². The zero-order chi connectivity index (χ0) is 10.8. The van der Waals surface area contributed by atoms with Gasteiger partial charge in [-0.05, 0) is 34.7 Å². The number of halogens is 1. The van der Waals surface area contributed by atoms with Crippen molar-refractivity contribution in [1.29, 1.82) is 0 Å². The summed E-state index contributed by atoms with van der Waals surface area (Å²) >= 11 is 4.70. The standard InChI is InChI=1S/C10H11BrO3S/c1-13-10(12)9-8(7(11)5-15-9)14-4-6-2-3-6/h5-6H,2-4H2,1H3. The van der Waals surface area contributed by atoms with Crippen molar-refractivity contribution in [2.75, 3.05) is 13.7 Å². The number of carbonyl (C=O) groups excluding carboxylic acids is 1. The maximum Gasteiger partial charge on any atom is 0.351 e. The molecule has 0 amide bonds. The maximum atomic E-state index is 11.4. The van der Waals surface area contributed by atoms with E-state index >= 15 is 0 Å². The van der Waals surface area contributed by atoms with Crippen molar-refractivity contribution in [3.8, 4) is 5.75 Å². The Morgan fingerprint density at radius 1 is 1.67 bits per heavy atom. The molecule has 2 rings (SSSR count). The fraction of sp³-hybridized carbons (Fsp3) is 0.500. The Balaban J connectivity index is 2.11. The zero-order valence-electron chi connectivity index (χ0n) is 8.29. The molecule has 1 aromatic rings. The van der Waals surface area contributed by atoms with E-state index in [2.05, 4.69) is 20.7 Å². The van der Waals surface area contributed by atoms with E-state index in [1.165, 1.54) is 31.3 Å². The van der Waals surface area contributed by atoms with Gasteiger partial charge in [0, 0.05) is 5.38 Å². The third kappa shape index (κ3) is 2.52. The van der Waals surface area contributed by atoms with E-state index < -0.39 is 0 Å². The Morgan fingerprint density at radius 2 is 2.40 bits per heavy atom. The average Bonchev–Trinajstić information content (AvgIpc) is 2.99. The van der Waals surface area contributed by atoms with Crippen molar-refractivity contribution in [2.24, 2.45) is 5.92 Å². The highest BCUT2D eigenvalue weighted by Crippen LogP contribution is 2.37. The minimum atomic E-state index is -0.337. The van der Waals surface area contributed by atoms with Gasteiger partial charge in [0.1, 0.15) is 0 Å². The molecule has 1 saturated carbocycles. The Hall–Kier alpha value is -0.550. The van der Waals surface area contributed by atoms with Crippen LogP contribution in [0.3, 0.4) is 0 Å². The van der Waals surface area contributed by atoms with Crippen molar-refractivity contribution in [3.63, 3.8) is 0 Å². The minimum absolute atomic E-state index is 0.337. The molecule has 1 heterocycles. The molecule has 1 fully saturated rings. The molecule has 0 atom stereocenters. The first-order chi connectivity index (χ1) is 7.22. The Labute approximate surface area is 101 Å². The van der Waals surface area contributed by atoms with Gasteiger partial charge in [-0.2, -0.15) is 0 Å². The molecule has 0 aliphatic heterocycles. The van der Waals surface area contributed by atoms with Gasteiger partial charge in [-0.25, -0.2) is 4.79 Å². The van der Waals surface area contributed by atoms with Crippen LogP contribution in [0.5, 0.6) is 5.75 Å². The number of methoxy groups -OCH3 is 1. The lowest BCUT2D eigenvalue weighted by Gasteiger charge is -2.05. The molecule has 5 heteroatoms. The molecular formula is C10H11BrO3S. The molecule has 82 valence electrons. The predicted molar refractivity (Wildman–Crippen MR) is 61.6 cm³/mol. The summed E-state index contributed by atoms with van der Waals surface area (Å²) in [4.78, 5) is 11.9. The van der Waals surface area contributed by atoms with E-state index in [0.717, 1.165) is 4.47 Å². The van der Waals surface area contributed by atoms with Gasteiger partial charge < -0.3 is 9.47 Å². The highest BCUT2D eigenvalue weighted by Gasteiger charge is 2.25. The maximum absolute atomic E-state index is 11.4. The van der Waals surface area contributed by atoms with Crippen LogP contribution >= 0.6 is 27.3 Å². The van der Waals surface area contributed by atoms with Crippen LogP contribution in [0.2, 0.25) is 0 Å². The Bertz CT molecular complexity index is 371. The van der Waals surface area contributed by atoms with Gasteiger partial charge in [-0.1, -0.05) is 0 Å². The van der Waals surface area contributed by atoms with E-state index in [-0.39, 0.29) is 5.97 Å². The molecule has 0 saturated heterocycles. The van der Waals surface area contributed by atoms with Crippen LogP contribution in [-0.4, -0.2) is 19.7 Å². The number of carbonyl (C=O) groups is 1. The first-order valence-electron chi connectivity index (χ1n) is 4.70. The van der Waals surface area contributed by atoms with E-state index in [9.17, 15) is 4.79 Å². The van der Waals surface area contributed by atoms with E-state index in [1.54, 1.807) is 0 Å². The molecule has 0 unspecified atom stereocenters. The highest BCUT2D eigenvalue weighted by atomic mass is 79.9. The summed E-state index contributed by atoms with van der Waals surface area (Å²) in [6.45, 7) is 0.694. The largest absolute Gasteiger partial charge is 0.490 e. The average molecular weight is 291 g/mol. The fourth-order valence-corrected chi connectivity index (χ4v) is 2.69. The predicted octanol–water partition coefficient (Wildman–Crippen LogP) is 3.09. The lowest BCUT2D eigenvalue weighted by molar-refractivity contribution is 0.0601. The molecule has 3 nitrogen and oxygen atoms in total. The topological polar surface area (TPSA) is 35.5 Å². The molecule has 0 N–H and O–H groups in total. The Morgan fingerprint density at radius 3 is 3.00 bits per heavy atom. The van der Waals surface area contributed by atoms with Crippen molar-refractivity contribution in [3.05, 3.63) is 14.7 Å². The number of hydrogen-bond donors (Lipinski definition) is 0. The molecule has 0 spiro atoms. The van der Waals surface area contributed by atoms with Crippen LogP contribution in [0.1, 0.15) is 22.5 Å². The SMILES string of the molecule is COC(=O)c1scc(Br)c1OCC1CC1. The zero-order valence-corrected chi connectivity index (χ0v) is 10.7. The van der Waals surface area contributed by atoms with E-state index in [0.29, 0.717) is 23.2 Å². The second-order valence-electron chi connectivity index (χ2n) is 3.49. The first kappa shape index (κ1) is 11.0. The molecule has 1 aliphatic rings. The molecule has 1 aliphatic carbocycles. The van der Waals surface area contributed by atoms with Gasteiger partial charge in [-0.3, -0.25) is 0 Å². The molecule has 0 radical (unpaired) electrons. The lowest BCUT2D eigenvalue weighted by atomic mass is 10.4. The summed E-state index contributed by atoms with van der Waals surface area (Å²) in [5.41, 5.74) is 0. The lowest BCUT2D eigenvalue weighted by Crippen LogP contribution is -2.05. The van der Waals surface area contributed by atoms with Crippen LogP contribution in [0.25, 0.3) is 0 Å². The van der Waals surface area contributed by atoms with Gasteiger partial charge in [0.25, 0.3) is 0 Å². The number of esters is 1. The van der Waals surface area contributed by atoms with Gasteiger partial charge in [-0.15, -0.1) is 11.3 Å². The molecule has 0 aromatic carbocycles. The molecule has 15 heavy (non-hydrogen) atoms. The van der Waals surface area contributed by atoms with Crippen LogP contribution in [0.15, 0.2) is 9.85 Å². The summed E-state index contributed by atoms with van der Waals surface area (Å²) < 4.78 is 11.1. The number of ether oxygens (including phenoxy) is 2. The number of rotatable bonds is 4. The third-order valence-electron chi connectivity index (χ3n) is 2.23. The Kier molecular flexibility index (Phi) is 3.31. The third-order valence-corrected chi connectivity index (χ3v) is 4.07. The van der Waals surface area contributed by atoms with Gasteiger partial charge in [0.2, 0.25) is 0 Å². The minimum Gasteiger partial charge on any atom is -0.490 e. The quantitative estimate of drug-likeness (QED) is 0.800. The summed E-state index contributed by atoms with van der Waals surface area (Å²) in [5, 5.41) is 1.84.